The highest BCUT2D eigenvalue weighted by Gasteiger charge is 2.24. The molecular formula is C27H24N6O2. The Kier molecular flexibility index (Phi) is 4.58. The molecule has 8 nitrogen and oxygen atoms in total. The summed E-state index contributed by atoms with van der Waals surface area (Å²) in [7, 11) is 0. The average Bonchev–Trinajstić information content (AvgIpc) is 3.57. The Morgan fingerprint density at radius 1 is 0.886 bits per heavy atom. The summed E-state index contributed by atoms with van der Waals surface area (Å²) in [6.07, 6.45) is 4.45. The van der Waals surface area contributed by atoms with E-state index in [1.807, 2.05) is 60.1 Å². The third-order valence-corrected chi connectivity index (χ3v) is 6.83. The summed E-state index contributed by atoms with van der Waals surface area (Å²) in [5.41, 5.74) is 5.45. The predicted molar refractivity (Wildman–Crippen MR) is 132 cm³/mol. The van der Waals surface area contributed by atoms with Gasteiger partial charge in [-0.15, -0.1) is 10.2 Å². The number of hydrogen-bond donors (Lipinski definition) is 0. The molecule has 2 aliphatic rings. The Morgan fingerprint density at radius 3 is 2.69 bits per heavy atom. The van der Waals surface area contributed by atoms with Gasteiger partial charge in [-0.3, -0.25) is 0 Å². The molecule has 174 valence electrons. The third kappa shape index (κ3) is 3.28. The van der Waals surface area contributed by atoms with Crippen LogP contribution in [0.15, 0.2) is 54.6 Å². The van der Waals surface area contributed by atoms with Crippen LogP contribution in [0.25, 0.3) is 39.4 Å². The van der Waals surface area contributed by atoms with Gasteiger partial charge in [-0.1, -0.05) is 24.6 Å². The van der Waals surface area contributed by atoms with Gasteiger partial charge in [-0.05, 0) is 56.2 Å². The molecule has 2 aliphatic heterocycles. The molecule has 5 heterocycles. The third-order valence-electron chi connectivity index (χ3n) is 6.83. The van der Waals surface area contributed by atoms with E-state index in [1.54, 1.807) is 0 Å². The first-order valence-electron chi connectivity index (χ1n) is 12.0. The van der Waals surface area contributed by atoms with Gasteiger partial charge in [0.25, 0.3) is 0 Å². The lowest BCUT2D eigenvalue weighted by molar-refractivity contribution is 0.174. The van der Waals surface area contributed by atoms with Crippen LogP contribution in [0.4, 0.5) is 0 Å². The van der Waals surface area contributed by atoms with Crippen molar-refractivity contribution < 1.29 is 9.47 Å². The van der Waals surface area contributed by atoms with Crippen molar-refractivity contribution in [3.8, 4) is 39.8 Å². The van der Waals surface area contributed by atoms with E-state index < -0.39 is 0 Å². The van der Waals surface area contributed by atoms with E-state index in [0.29, 0.717) is 0 Å². The van der Waals surface area contributed by atoms with Gasteiger partial charge in [-0.2, -0.15) is 5.10 Å². The molecule has 7 rings (SSSR count). The first-order chi connectivity index (χ1) is 17.3. The second-order valence-electron chi connectivity index (χ2n) is 9.06. The number of nitrogens with zero attached hydrogens (tertiary/aromatic N) is 6. The van der Waals surface area contributed by atoms with Crippen LogP contribution in [0.1, 0.15) is 30.8 Å². The summed E-state index contributed by atoms with van der Waals surface area (Å²) in [6, 6.07) is 18.2. The van der Waals surface area contributed by atoms with Crippen molar-refractivity contribution in [2.75, 3.05) is 6.79 Å². The lowest BCUT2D eigenvalue weighted by atomic mass is 10.0. The molecule has 0 saturated carbocycles. The quantitative estimate of drug-likeness (QED) is 0.369. The van der Waals surface area contributed by atoms with Crippen LogP contribution in [0.5, 0.6) is 11.5 Å². The summed E-state index contributed by atoms with van der Waals surface area (Å²) in [6.45, 7) is 3.20. The molecule has 8 heteroatoms. The van der Waals surface area contributed by atoms with Crippen LogP contribution in [0, 0.1) is 6.92 Å². The Balaban J connectivity index is 1.51. The average molecular weight is 465 g/mol. The molecule has 0 unspecified atom stereocenters. The summed E-state index contributed by atoms with van der Waals surface area (Å²) in [5.74, 6) is 3.42. The van der Waals surface area contributed by atoms with Crippen molar-refractivity contribution in [1.82, 2.24) is 29.5 Å². The van der Waals surface area contributed by atoms with Gasteiger partial charge >= 0.3 is 0 Å². The zero-order valence-electron chi connectivity index (χ0n) is 19.4. The number of fused-ring (bicyclic) bond motifs is 3. The van der Waals surface area contributed by atoms with Crippen LogP contribution in [-0.2, 0) is 13.0 Å². The topological polar surface area (TPSA) is 79.9 Å². The predicted octanol–water partition coefficient (Wildman–Crippen LogP) is 5.11. The molecule has 2 aromatic carbocycles. The fraction of sp³-hybridized carbons (Fsp3) is 0.259. The van der Waals surface area contributed by atoms with Crippen molar-refractivity contribution in [2.45, 2.75) is 39.2 Å². The first-order valence-corrected chi connectivity index (χ1v) is 12.0. The normalized spacial score (nSPS) is 14.8. The summed E-state index contributed by atoms with van der Waals surface area (Å²) in [4.78, 5) is 5.12. The van der Waals surface area contributed by atoms with E-state index in [2.05, 4.69) is 20.8 Å². The lowest BCUT2D eigenvalue weighted by Crippen LogP contribution is -2.04. The maximum Gasteiger partial charge on any atom is 0.231 e. The number of pyridine rings is 1. The zero-order chi connectivity index (χ0) is 23.4. The van der Waals surface area contributed by atoms with E-state index >= 15 is 0 Å². The summed E-state index contributed by atoms with van der Waals surface area (Å²) in [5, 5.41) is 15.2. The van der Waals surface area contributed by atoms with E-state index in [4.69, 9.17) is 19.6 Å². The molecular weight excluding hydrogens is 440 g/mol. The molecule has 0 aliphatic carbocycles. The number of hydrogen-bond acceptors (Lipinski definition) is 6. The molecule has 3 aromatic heterocycles. The van der Waals surface area contributed by atoms with Crippen LogP contribution in [-0.4, -0.2) is 36.3 Å². The van der Waals surface area contributed by atoms with Crippen LogP contribution >= 0.6 is 0 Å². The highest BCUT2D eigenvalue weighted by molar-refractivity contribution is 5.96. The second-order valence-corrected chi connectivity index (χ2v) is 9.06. The van der Waals surface area contributed by atoms with Crippen LogP contribution in [0.2, 0.25) is 0 Å². The number of aromatic nitrogens is 6. The monoisotopic (exact) mass is 464 g/mol. The van der Waals surface area contributed by atoms with Gasteiger partial charge in [-0.25, -0.2) is 9.67 Å². The first kappa shape index (κ1) is 20.2. The largest absolute Gasteiger partial charge is 0.454 e. The number of ether oxygens (including phenoxy) is 2. The number of aryl methyl sites for hydroxylation is 2. The maximum absolute atomic E-state index is 5.64. The Morgan fingerprint density at radius 2 is 1.77 bits per heavy atom. The minimum absolute atomic E-state index is 0.238. The van der Waals surface area contributed by atoms with Crippen molar-refractivity contribution >= 4 is 11.0 Å². The molecule has 35 heavy (non-hydrogen) atoms. The Labute approximate surface area is 202 Å². The fourth-order valence-electron chi connectivity index (χ4n) is 5.10. The van der Waals surface area contributed by atoms with E-state index in [-0.39, 0.29) is 6.79 Å². The van der Waals surface area contributed by atoms with Crippen LogP contribution in [0.3, 0.4) is 0 Å². The van der Waals surface area contributed by atoms with Gasteiger partial charge in [0.2, 0.25) is 6.79 Å². The minimum atomic E-state index is 0.238. The van der Waals surface area contributed by atoms with Gasteiger partial charge < -0.3 is 14.0 Å². The number of para-hydroxylation sites is 1. The van der Waals surface area contributed by atoms with E-state index in [9.17, 15) is 0 Å². The Hall–Kier alpha value is -4.20. The molecule has 0 radical (unpaired) electrons. The zero-order valence-corrected chi connectivity index (χ0v) is 19.4. The van der Waals surface area contributed by atoms with E-state index in [0.717, 1.165) is 88.2 Å². The molecule has 5 aromatic rings. The van der Waals surface area contributed by atoms with Crippen molar-refractivity contribution in [3.63, 3.8) is 0 Å². The second kappa shape index (κ2) is 7.94. The maximum atomic E-state index is 5.64. The molecule has 0 saturated heterocycles. The van der Waals surface area contributed by atoms with Crippen molar-refractivity contribution in [2.24, 2.45) is 0 Å². The molecule has 0 atom stereocenters. The highest BCUT2D eigenvalue weighted by atomic mass is 16.7. The SMILES string of the molecule is Cc1nn(-c2ccccc2)c2nc(-c3ccc4c(c3)OCO4)cc(-c3nnc4n3CCCCC4)c12. The molecule has 0 bridgehead atoms. The molecule has 0 spiro atoms. The Bertz CT molecular complexity index is 1570. The van der Waals surface area contributed by atoms with Crippen molar-refractivity contribution in [3.05, 3.63) is 66.1 Å². The summed E-state index contributed by atoms with van der Waals surface area (Å²) >= 11 is 0. The summed E-state index contributed by atoms with van der Waals surface area (Å²) < 4.78 is 15.4. The number of rotatable bonds is 3. The van der Waals surface area contributed by atoms with E-state index in [1.165, 1.54) is 6.42 Å². The van der Waals surface area contributed by atoms with Crippen LogP contribution < -0.4 is 9.47 Å². The van der Waals surface area contributed by atoms with Gasteiger partial charge in [0.05, 0.1) is 22.5 Å². The lowest BCUT2D eigenvalue weighted by Gasteiger charge is -2.11. The van der Waals surface area contributed by atoms with Crippen molar-refractivity contribution in [1.29, 1.82) is 0 Å². The minimum Gasteiger partial charge on any atom is -0.454 e. The smallest absolute Gasteiger partial charge is 0.231 e. The molecule has 0 N–H and O–H groups in total. The molecule has 0 amide bonds. The van der Waals surface area contributed by atoms with Gasteiger partial charge in [0, 0.05) is 24.1 Å². The standard InChI is InChI=1S/C27H24N6O2/c1-17-25-20(26-30-29-24-10-6-3-7-13-32(24)26)15-21(18-11-12-22-23(14-18)35-16-34-22)28-27(25)33(31-17)19-8-4-2-5-9-19/h2,4-5,8-9,11-12,14-15H,3,6-7,10,13,16H2,1H3. The van der Waals surface area contributed by atoms with Gasteiger partial charge in [0.15, 0.2) is 23.0 Å². The highest BCUT2D eigenvalue weighted by Crippen LogP contribution is 2.39. The van der Waals surface area contributed by atoms with Gasteiger partial charge in [0.1, 0.15) is 5.82 Å². The number of benzene rings is 2. The fourth-order valence-corrected chi connectivity index (χ4v) is 5.10. The molecule has 0 fully saturated rings.